The van der Waals surface area contributed by atoms with Gasteiger partial charge < -0.3 is 14.5 Å². The molecule has 0 radical (unpaired) electrons. The average molecular weight is 344 g/mol. The first kappa shape index (κ1) is 18.1. The van der Waals surface area contributed by atoms with Crippen LogP contribution < -0.4 is 4.74 Å². The summed E-state index contributed by atoms with van der Waals surface area (Å²) in [6.07, 6.45) is -4.60. The maximum Gasteiger partial charge on any atom is 0.471 e. The van der Waals surface area contributed by atoms with Crippen molar-refractivity contribution in [2.45, 2.75) is 19.5 Å². The monoisotopic (exact) mass is 344 g/mol. The normalized spacial score (nSPS) is 15.9. The molecule has 0 unspecified atom stereocenters. The summed E-state index contributed by atoms with van der Waals surface area (Å²) >= 11 is 0. The smallest absolute Gasteiger partial charge is 0.471 e. The van der Waals surface area contributed by atoms with Gasteiger partial charge in [-0.1, -0.05) is 12.1 Å². The van der Waals surface area contributed by atoms with Crippen LogP contribution in [0.5, 0.6) is 5.75 Å². The maximum absolute atomic E-state index is 12.7. The fraction of sp³-hybridized carbons (Fsp3) is 0.500. The number of rotatable bonds is 2. The van der Waals surface area contributed by atoms with Gasteiger partial charge in [0.1, 0.15) is 5.75 Å². The molecule has 24 heavy (non-hydrogen) atoms. The van der Waals surface area contributed by atoms with Crippen LogP contribution in [0.15, 0.2) is 18.2 Å². The van der Waals surface area contributed by atoms with E-state index in [9.17, 15) is 22.8 Å². The number of nitrogens with zero attached hydrogens (tertiary/aromatic N) is 2. The van der Waals surface area contributed by atoms with Crippen LogP contribution in [0.4, 0.5) is 13.2 Å². The van der Waals surface area contributed by atoms with E-state index in [1.54, 1.807) is 25.1 Å². The Hall–Kier alpha value is -2.25. The number of carbonyl (C=O) groups is 2. The zero-order valence-electron chi connectivity index (χ0n) is 13.5. The van der Waals surface area contributed by atoms with Gasteiger partial charge in [-0.05, 0) is 25.0 Å². The number of carbonyl (C=O) groups excluding carboxylic acids is 2. The lowest BCUT2D eigenvalue weighted by atomic mass is 10.1. The predicted molar refractivity (Wildman–Crippen MR) is 80.9 cm³/mol. The standard InChI is InChI=1S/C16H19F3N2O3/c1-11-5-3-6-12(24-2)13(11)14(22)20-7-4-8-21(10-9-20)15(23)16(17,18)19/h3,5-6H,4,7-10H2,1-2H3. The number of amides is 2. The van der Waals surface area contributed by atoms with Crippen LogP contribution >= 0.6 is 0 Å². The number of ether oxygens (including phenoxy) is 1. The van der Waals surface area contributed by atoms with Crippen molar-refractivity contribution in [1.29, 1.82) is 0 Å². The van der Waals surface area contributed by atoms with Crippen molar-refractivity contribution in [3.63, 3.8) is 0 Å². The van der Waals surface area contributed by atoms with Gasteiger partial charge in [0.25, 0.3) is 5.91 Å². The van der Waals surface area contributed by atoms with Gasteiger partial charge in [-0.2, -0.15) is 13.2 Å². The first-order valence-corrected chi connectivity index (χ1v) is 7.54. The lowest BCUT2D eigenvalue weighted by Gasteiger charge is -2.24. The van der Waals surface area contributed by atoms with Crippen LogP contribution in [-0.4, -0.2) is 61.1 Å². The number of benzene rings is 1. The van der Waals surface area contributed by atoms with Crippen LogP contribution in [0.3, 0.4) is 0 Å². The summed E-state index contributed by atoms with van der Waals surface area (Å²) in [5.41, 5.74) is 1.13. The van der Waals surface area contributed by atoms with Gasteiger partial charge in [0.05, 0.1) is 12.7 Å². The molecule has 8 heteroatoms. The molecule has 0 atom stereocenters. The minimum atomic E-state index is -4.89. The van der Waals surface area contributed by atoms with Crippen LogP contribution in [0, 0.1) is 6.92 Å². The number of alkyl halides is 3. The molecule has 5 nitrogen and oxygen atoms in total. The highest BCUT2D eigenvalue weighted by molar-refractivity contribution is 5.98. The molecule has 0 bridgehead atoms. The van der Waals surface area contributed by atoms with E-state index in [2.05, 4.69) is 0 Å². The van der Waals surface area contributed by atoms with Crippen LogP contribution in [0.25, 0.3) is 0 Å². The third-order valence-electron chi connectivity index (χ3n) is 3.98. The number of hydrogen-bond acceptors (Lipinski definition) is 3. The molecule has 1 saturated heterocycles. The molecule has 1 heterocycles. The Morgan fingerprint density at radius 3 is 2.33 bits per heavy atom. The fourth-order valence-corrected chi connectivity index (χ4v) is 2.75. The molecular weight excluding hydrogens is 325 g/mol. The summed E-state index contributed by atoms with van der Waals surface area (Å²) in [6.45, 7) is 1.95. The molecule has 2 rings (SSSR count). The van der Waals surface area contributed by atoms with E-state index in [1.165, 1.54) is 12.0 Å². The Balaban J connectivity index is 2.15. The number of methoxy groups -OCH3 is 1. The molecule has 1 fully saturated rings. The van der Waals surface area contributed by atoms with Gasteiger partial charge in [0.2, 0.25) is 0 Å². The number of aryl methyl sites for hydroxylation is 1. The topological polar surface area (TPSA) is 49.9 Å². The van der Waals surface area contributed by atoms with Gasteiger partial charge >= 0.3 is 12.1 Å². The zero-order valence-corrected chi connectivity index (χ0v) is 13.5. The predicted octanol–water partition coefficient (Wildman–Crippen LogP) is 2.24. The maximum atomic E-state index is 12.7. The SMILES string of the molecule is COc1cccc(C)c1C(=O)N1CCCN(C(=O)C(F)(F)F)CC1. The largest absolute Gasteiger partial charge is 0.496 e. The molecule has 1 aliphatic rings. The molecule has 0 saturated carbocycles. The first-order chi connectivity index (χ1) is 11.3. The summed E-state index contributed by atoms with van der Waals surface area (Å²) in [6, 6.07) is 5.20. The minimum Gasteiger partial charge on any atom is -0.496 e. The van der Waals surface area contributed by atoms with E-state index < -0.39 is 12.1 Å². The van der Waals surface area contributed by atoms with E-state index in [0.717, 1.165) is 10.5 Å². The Kier molecular flexibility index (Phi) is 5.36. The van der Waals surface area contributed by atoms with E-state index in [4.69, 9.17) is 4.74 Å². The van der Waals surface area contributed by atoms with E-state index in [-0.39, 0.29) is 32.1 Å². The molecule has 1 aliphatic heterocycles. The van der Waals surface area contributed by atoms with Gasteiger partial charge in [-0.3, -0.25) is 9.59 Å². The lowest BCUT2D eigenvalue weighted by molar-refractivity contribution is -0.185. The summed E-state index contributed by atoms with van der Waals surface area (Å²) < 4.78 is 42.9. The van der Waals surface area contributed by atoms with Crippen molar-refractivity contribution >= 4 is 11.8 Å². The molecule has 0 N–H and O–H groups in total. The van der Waals surface area contributed by atoms with Gasteiger partial charge in [-0.15, -0.1) is 0 Å². The molecule has 1 aromatic carbocycles. The highest BCUT2D eigenvalue weighted by atomic mass is 19.4. The van der Waals surface area contributed by atoms with Crippen LogP contribution in [0.1, 0.15) is 22.3 Å². The highest BCUT2D eigenvalue weighted by Gasteiger charge is 2.42. The summed E-state index contributed by atoms with van der Waals surface area (Å²) in [4.78, 5) is 26.3. The molecule has 2 amide bonds. The van der Waals surface area contributed by atoms with E-state index in [1.807, 2.05) is 0 Å². The minimum absolute atomic E-state index is 0.0208. The summed E-state index contributed by atoms with van der Waals surface area (Å²) in [5.74, 6) is -1.73. The second-order valence-electron chi connectivity index (χ2n) is 5.59. The molecule has 0 aromatic heterocycles. The zero-order chi connectivity index (χ0) is 17.9. The Morgan fingerprint density at radius 1 is 1.08 bits per heavy atom. The Morgan fingerprint density at radius 2 is 1.71 bits per heavy atom. The van der Waals surface area contributed by atoms with Crippen molar-refractivity contribution in [2.75, 3.05) is 33.3 Å². The molecule has 0 aliphatic carbocycles. The van der Waals surface area contributed by atoms with E-state index >= 15 is 0 Å². The molecule has 0 spiro atoms. The number of hydrogen-bond donors (Lipinski definition) is 0. The lowest BCUT2D eigenvalue weighted by Crippen LogP contribution is -2.43. The second kappa shape index (κ2) is 7.11. The van der Waals surface area contributed by atoms with Crippen LogP contribution in [-0.2, 0) is 4.79 Å². The molecule has 1 aromatic rings. The summed E-state index contributed by atoms with van der Waals surface area (Å²) in [5, 5.41) is 0. The van der Waals surface area contributed by atoms with Crippen molar-refractivity contribution in [3.8, 4) is 5.75 Å². The first-order valence-electron chi connectivity index (χ1n) is 7.54. The van der Waals surface area contributed by atoms with E-state index in [0.29, 0.717) is 17.7 Å². The Labute approximate surface area is 138 Å². The second-order valence-corrected chi connectivity index (χ2v) is 5.59. The number of halogens is 3. The van der Waals surface area contributed by atoms with Crippen LogP contribution in [0.2, 0.25) is 0 Å². The third-order valence-corrected chi connectivity index (χ3v) is 3.98. The van der Waals surface area contributed by atoms with Gasteiger partial charge in [0.15, 0.2) is 0 Å². The van der Waals surface area contributed by atoms with Crippen molar-refractivity contribution < 1.29 is 27.5 Å². The van der Waals surface area contributed by atoms with Gasteiger partial charge in [-0.25, -0.2) is 0 Å². The van der Waals surface area contributed by atoms with Crippen molar-refractivity contribution in [1.82, 2.24) is 9.80 Å². The van der Waals surface area contributed by atoms with Crippen molar-refractivity contribution in [3.05, 3.63) is 29.3 Å². The fourth-order valence-electron chi connectivity index (χ4n) is 2.75. The van der Waals surface area contributed by atoms with Gasteiger partial charge in [0, 0.05) is 26.2 Å². The van der Waals surface area contributed by atoms with Crippen molar-refractivity contribution in [2.24, 2.45) is 0 Å². The molecule has 132 valence electrons. The summed E-state index contributed by atoms with van der Waals surface area (Å²) in [7, 11) is 1.46. The Bertz CT molecular complexity index is 631. The molecular formula is C16H19F3N2O3. The highest BCUT2D eigenvalue weighted by Crippen LogP contribution is 2.25. The third kappa shape index (κ3) is 3.80. The average Bonchev–Trinajstić information content (AvgIpc) is 2.78. The quantitative estimate of drug-likeness (QED) is 0.827.